The predicted octanol–water partition coefficient (Wildman–Crippen LogP) is 1.59. The molecule has 1 N–H and O–H groups in total. The normalized spacial score (nSPS) is 19.9. The van der Waals surface area contributed by atoms with Crippen molar-refractivity contribution in [3.63, 3.8) is 0 Å². The maximum Gasteiger partial charge on any atom is 0.0700 e. The number of rotatable bonds is 11. The zero-order chi connectivity index (χ0) is 12.2. The van der Waals surface area contributed by atoms with Crippen molar-refractivity contribution in [3.05, 3.63) is 0 Å². The van der Waals surface area contributed by atoms with E-state index >= 15 is 0 Å². The zero-order valence-corrected chi connectivity index (χ0v) is 11.1. The van der Waals surface area contributed by atoms with Crippen molar-refractivity contribution in [1.82, 2.24) is 5.32 Å². The van der Waals surface area contributed by atoms with Gasteiger partial charge in [0.15, 0.2) is 0 Å². The number of methoxy groups -OCH3 is 1. The highest BCUT2D eigenvalue weighted by Gasteiger charge is 2.13. The highest BCUT2D eigenvalue weighted by molar-refractivity contribution is 4.65. The first kappa shape index (κ1) is 14.9. The summed E-state index contributed by atoms with van der Waals surface area (Å²) in [4.78, 5) is 0. The van der Waals surface area contributed by atoms with E-state index in [0.717, 1.165) is 32.7 Å². The molecule has 1 aliphatic rings. The molecule has 0 radical (unpaired) electrons. The first-order valence-corrected chi connectivity index (χ1v) is 6.82. The van der Waals surface area contributed by atoms with Gasteiger partial charge in [-0.15, -0.1) is 0 Å². The largest absolute Gasteiger partial charge is 0.382 e. The predicted molar refractivity (Wildman–Crippen MR) is 68.4 cm³/mol. The van der Waals surface area contributed by atoms with Crippen LogP contribution in [0.15, 0.2) is 0 Å². The fourth-order valence-electron chi connectivity index (χ4n) is 2.00. The molecule has 17 heavy (non-hydrogen) atoms. The Morgan fingerprint density at radius 3 is 2.82 bits per heavy atom. The van der Waals surface area contributed by atoms with Crippen LogP contribution in [0.25, 0.3) is 0 Å². The Morgan fingerprint density at radius 2 is 2.06 bits per heavy atom. The molecule has 0 aromatic heterocycles. The molecule has 0 spiro atoms. The standard InChI is InChI=1S/C13H27NO3/c1-15-11-12-16-9-4-8-14-7-2-5-13-6-3-10-17-13/h13-14H,2-12H2,1H3. The summed E-state index contributed by atoms with van der Waals surface area (Å²) in [7, 11) is 1.69. The molecule has 0 aliphatic carbocycles. The van der Waals surface area contributed by atoms with Crippen LogP contribution in [-0.4, -0.2) is 52.7 Å². The minimum absolute atomic E-state index is 0.536. The summed E-state index contributed by atoms with van der Waals surface area (Å²) in [5.74, 6) is 0. The third-order valence-electron chi connectivity index (χ3n) is 2.98. The summed E-state index contributed by atoms with van der Waals surface area (Å²) in [6.45, 7) is 5.32. The van der Waals surface area contributed by atoms with E-state index in [4.69, 9.17) is 14.2 Å². The van der Waals surface area contributed by atoms with E-state index in [1.165, 1.54) is 25.7 Å². The number of nitrogens with one attached hydrogen (secondary N) is 1. The Kier molecular flexibility index (Phi) is 9.61. The Balaban J connectivity index is 1.69. The summed E-state index contributed by atoms with van der Waals surface area (Å²) in [5, 5.41) is 3.43. The third-order valence-corrected chi connectivity index (χ3v) is 2.98. The second-order valence-electron chi connectivity index (χ2n) is 4.49. The van der Waals surface area contributed by atoms with E-state index in [-0.39, 0.29) is 0 Å². The van der Waals surface area contributed by atoms with Crippen molar-refractivity contribution < 1.29 is 14.2 Å². The lowest BCUT2D eigenvalue weighted by atomic mass is 10.1. The van der Waals surface area contributed by atoms with Crippen LogP contribution in [0, 0.1) is 0 Å². The molecular formula is C13H27NO3. The molecule has 0 aromatic rings. The van der Waals surface area contributed by atoms with Crippen molar-refractivity contribution in [1.29, 1.82) is 0 Å². The van der Waals surface area contributed by atoms with Gasteiger partial charge in [-0.3, -0.25) is 0 Å². The number of hydrogen-bond acceptors (Lipinski definition) is 4. The summed E-state index contributed by atoms with van der Waals surface area (Å²) in [6, 6.07) is 0. The molecule has 0 bridgehead atoms. The van der Waals surface area contributed by atoms with Crippen LogP contribution in [0.5, 0.6) is 0 Å². The van der Waals surface area contributed by atoms with E-state index < -0.39 is 0 Å². The van der Waals surface area contributed by atoms with Gasteiger partial charge in [0, 0.05) is 20.3 Å². The van der Waals surface area contributed by atoms with Crippen LogP contribution in [-0.2, 0) is 14.2 Å². The van der Waals surface area contributed by atoms with E-state index in [0.29, 0.717) is 19.3 Å². The lowest BCUT2D eigenvalue weighted by Gasteiger charge is -2.09. The van der Waals surface area contributed by atoms with Crippen LogP contribution < -0.4 is 5.32 Å². The first-order valence-electron chi connectivity index (χ1n) is 6.82. The molecule has 1 atom stereocenters. The lowest BCUT2D eigenvalue weighted by molar-refractivity contribution is 0.0694. The number of ether oxygens (including phenoxy) is 3. The van der Waals surface area contributed by atoms with Crippen molar-refractivity contribution in [2.75, 3.05) is 46.6 Å². The summed E-state index contributed by atoms with van der Waals surface area (Å²) >= 11 is 0. The quantitative estimate of drug-likeness (QED) is 0.561. The molecule has 1 saturated heterocycles. The van der Waals surface area contributed by atoms with Crippen LogP contribution in [0.3, 0.4) is 0 Å². The Hall–Kier alpha value is -0.160. The van der Waals surface area contributed by atoms with Gasteiger partial charge in [0.05, 0.1) is 19.3 Å². The van der Waals surface area contributed by atoms with Crippen molar-refractivity contribution in [2.24, 2.45) is 0 Å². The maximum atomic E-state index is 5.58. The molecule has 1 heterocycles. The smallest absolute Gasteiger partial charge is 0.0700 e. The second kappa shape index (κ2) is 11.0. The highest BCUT2D eigenvalue weighted by atomic mass is 16.5. The molecule has 1 rings (SSSR count). The monoisotopic (exact) mass is 245 g/mol. The maximum absolute atomic E-state index is 5.58. The minimum Gasteiger partial charge on any atom is -0.382 e. The van der Waals surface area contributed by atoms with Gasteiger partial charge in [0.25, 0.3) is 0 Å². The molecule has 102 valence electrons. The van der Waals surface area contributed by atoms with Gasteiger partial charge in [-0.2, -0.15) is 0 Å². The number of hydrogen-bond donors (Lipinski definition) is 1. The van der Waals surface area contributed by atoms with Crippen LogP contribution >= 0.6 is 0 Å². The minimum atomic E-state index is 0.536. The molecule has 1 aliphatic heterocycles. The van der Waals surface area contributed by atoms with Gasteiger partial charge >= 0.3 is 0 Å². The van der Waals surface area contributed by atoms with Gasteiger partial charge in [-0.25, -0.2) is 0 Å². The first-order chi connectivity index (χ1) is 8.43. The molecule has 4 nitrogen and oxygen atoms in total. The van der Waals surface area contributed by atoms with Crippen molar-refractivity contribution in [3.8, 4) is 0 Å². The topological polar surface area (TPSA) is 39.7 Å². The zero-order valence-electron chi connectivity index (χ0n) is 11.1. The van der Waals surface area contributed by atoms with Crippen LogP contribution in [0.2, 0.25) is 0 Å². The average Bonchev–Trinajstić information content (AvgIpc) is 2.85. The van der Waals surface area contributed by atoms with Crippen LogP contribution in [0.4, 0.5) is 0 Å². The van der Waals surface area contributed by atoms with Gasteiger partial charge in [-0.1, -0.05) is 0 Å². The molecule has 4 heteroatoms. The summed E-state index contributed by atoms with van der Waals surface area (Å²) in [6.07, 6.45) is 6.54. The third kappa shape index (κ3) is 8.55. The molecular weight excluding hydrogens is 218 g/mol. The fourth-order valence-corrected chi connectivity index (χ4v) is 2.00. The lowest BCUT2D eigenvalue weighted by Crippen LogP contribution is -2.20. The SMILES string of the molecule is COCCOCCCNCCCC1CCCO1. The molecule has 0 saturated carbocycles. The average molecular weight is 245 g/mol. The van der Waals surface area contributed by atoms with Gasteiger partial charge < -0.3 is 19.5 Å². The Morgan fingerprint density at radius 1 is 1.18 bits per heavy atom. The second-order valence-corrected chi connectivity index (χ2v) is 4.49. The summed E-state index contributed by atoms with van der Waals surface area (Å²) < 4.78 is 15.9. The molecule has 0 amide bonds. The van der Waals surface area contributed by atoms with E-state index in [9.17, 15) is 0 Å². The fraction of sp³-hybridized carbons (Fsp3) is 1.00. The highest BCUT2D eigenvalue weighted by Crippen LogP contribution is 2.16. The Labute approximate surface area is 105 Å². The van der Waals surface area contributed by atoms with Gasteiger partial charge in [-0.05, 0) is 45.2 Å². The Bertz CT molecular complexity index is 161. The summed E-state index contributed by atoms with van der Waals surface area (Å²) in [5.41, 5.74) is 0. The van der Waals surface area contributed by atoms with E-state index in [1.54, 1.807) is 7.11 Å². The van der Waals surface area contributed by atoms with Gasteiger partial charge in [0.1, 0.15) is 0 Å². The van der Waals surface area contributed by atoms with Crippen molar-refractivity contribution >= 4 is 0 Å². The van der Waals surface area contributed by atoms with Crippen molar-refractivity contribution in [2.45, 2.75) is 38.2 Å². The van der Waals surface area contributed by atoms with E-state index in [2.05, 4.69) is 5.32 Å². The molecule has 0 aromatic carbocycles. The van der Waals surface area contributed by atoms with E-state index in [1.807, 2.05) is 0 Å². The van der Waals surface area contributed by atoms with Crippen LogP contribution in [0.1, 0.15) is 32.1 Å². The van der Waals surface area contributed by atoms with Gasteiger partial charge in [0.2, 0.25) is 0 Å². The molecule has 1 unspecified atom stereocenters. The molecule has 1 fully saturated rings.